The average molecular weight is 329 g/mol. The number of amides is 3. The summed E-state index contributed by atoms with van der Waals surface area (Å²) in [7, 11) is 1.49. The van der Waals surface area contributed by atoms with E-state index < -0.39 is 6.04 Å². The smallest absolute Gasteiger partial charge is 0.255 e. The summed E-state index contributed by atoms with van der Waals surface area (Å²) in [5.74, 6) is -0.563. The summed E-state index contributed by atoms with van der Waals surface area (Å²) in [5.41, 5.74) is 8.42. The summed E-state index contributed by atoms with van der Waals surface area (Å²) in [6.07, 6.45) is 3.54. The van der Waals surface area contributed by atoms with Crippen molar-refractivity contribution in [1.82, 2.24) is 9.80 Å². The van der Waals surface area contributed by atoms with Gasteiger partial charge in [-0.2, -0.15) is 0 Å². The van der Waals surface area contributed by atoms with Crippen molar-refractivity contribution in [3.8, 4) is 0 Å². The third-order valence-corrected chi connectivity index (χ3v) is 4.99. The van der Waals surface area contributed by atoms with E-state index >= 15 is 0 Å². The Balaban J connectivity index is 1.81. The van der Waals surface area contributed by atoms with Crippen molar-refractivity contribution in [2.75, 3.05) is 13.6 Å². The van der Waals surface area contributed by atoms with Gasteiger partial charge in [-0.3, -0.25) is 19.3 Å². The molecule has 1 aromatic rings. The number of benzene rings is 1. The van der Waals surface area contributed by atoms with Gasteiger partial charge < -0.3 is 10.6 Å². The van der Waals surface area contributed by atoms with Crippen LogP contribution in [0.5, 0.6) is 0 Å². The molecule has 1 fully saturated rings. The Labute approximate surface area is 141 Å². The van der Waals surface area contributed by atoms with Crippen LogP contribution < -0.4 is 5.73 Å². The number of likely N-dealkylation sites (tertiary alicyclic amines) is 1. The van der Waals surface area contributed by atoms with Gasteiger partial charge in [-0.05, 0) is 49.4 Å². The summed E-state index contributed by atoms with van der Waals surface area (Å²) < 4.78 is 0. The summed E-state index contributed by atoms with van der Waals surface area (Å²) in [6.45, 7) is 1.11. The minimum absolute atomic E-state index is 0.105. The zero-order chi connectivity index (χ0) is 17.3. The van der Waals surface area contributed by atoms with Crippen LogP contribution in [-0.2, 0) is 22.6 Å². The van der Waals surface area contributed by atoms with Gasteiger partial charge in [0.1, 0.15) is 6.04 Å². The molecule has 2 heterocycles. The molecule has 2 N–H and O–H groups in total. The lowest BCUT2D eigenvalue weighted by molar-refractivity contribution is -0.150. The first-order chi connectivity index (χ1) is 11.5. The molecule has 2 aliphatic heterocycles. The Morgan fingerprint density at radius 2 is 2.00 bits per heavy atom. The van der Waals surface area contributed by atoms with E-state index in [1.807, 2.05) is 18.2 Å². The number of nitrogens with two attached hydrogens (primary N) is 1. The second-order valence-electron chi connectivity index (χ2n) is 6.47. The first-order valence-electron chi connectivity index (χ1n) is 8.46. The zero-order valence-electron chi connectivity index (χ0n) is 14.0. The van der Waals surface area contributed by atoms with Crippen molar-refractivity contribution in [2.45, 2.75) is 44.7 Å². The van der Waals surface area contributed by atoms with Crippen LogP contribution in [0, 0.1) is 0 Å². The maximum Gasteiger partial charge on any atom is 0.255 e. The molecule has 0 bridgehead atoms. The summed E-state index contributed by atoms with van der Waals surface area (Å²) in [4.78, 5) is 39.6. The Kier molecular flexibility index (Phi) is 4.66. The number of likely N-dealkylation sites (N-methyl/N-ethyl adjacent to an activating group) is 1. The van der Waals surface area contributed by atoms with Crippen LogP contribution >= 0.6 is 0 Å². The molecule has 1 unspecified atom stereocenters. The van der Waals surface area contributed by atoms with Crippen molar-refractivity contribution in [3.63, 3.8) is 0 Å². The molecule has 1 saturated heterocycles. The normalized spacial score (nSPS) is 20.8. The summed E-state index contributed by atoms with van der Waals surface area (Å²) >= 11 is 0. The van der Waals surface area contributed by atoms with Gasteiger partial charge in [-0.1, -0.05) is 12.1 Å². The molecule has 0 saturated carbocycles. The lowest BCUT2D eigenvalue weighted by Crippen LogP contribution is -2.53. The first-order valence-corrected chi connectivity index (χ1v) is 8.46. The number of carbonyl (C=O) groups is 3. The number of nitrogens with zero attached hydrogens (tertiary/aromatic N) is 2. The zero-order valence-corrected chi connectivity index (χ0v) is 14.0. The van der Waals surface area contributed by atoms with Crippen LogP contribution in [0.15, 0.2) is 18.2 Å². The Morgan fingerprint density at radius 1 is 1.21 bits per heavy atom. The third-order valence-electron chi connectivity index (χ3n) is 4.99. The average Bonchev–Trinajstić information content (AvgIpc) is 2.91. The van der Waals surface area contributed by atoms with E-state index in [0.717, 1.165) is 35.3 Å². The van der Waals surface area contributed by atoms with E-state index in [1.165, 1.54) is 7.05 Å². The number of aryl methyl sites for hydroxylation is 1. The molecule has 0 radical (unpaired) electrons. The topological polar surface area (TPSA) is 83.7 Å². The number of fused-ring (bicyclic) bond motifs is 1. The number of hydrogen-bond donors (Lipinski definition) is 1. The molecule has 1 aromatic carbocycles. The van der Waals surface area contributed by atoms with E-state index in [2.05, 4.69) is 0 Å². The van der Waals surface area contributed by atoms with Gasteiger partial charge in [0.05, 0.1) is 0 Å². The van der Waals surface area contributed by atoms with Crippen LogP contribution in [0.2, 0.25) is 0 Å². The van der Waals surface area contributed by atoms with Crippen molar-refractivity contribution < 1.29 is 14.4 Å². The minimum Gasteiger partial charge on any atom is -0.330 e. The molecule has 0 aromatic heterocycles. The fourth-order valence-corrected chi connectivity index (χ4v) is 3.55. The van der Waals surface area contributed by atoms with Crippen LogP contribution in [0.25, 0.3) is 0 Å². The number of rotatable bonds is 5. The second-order valence-corrected chi connectivity index (χ2v) is 6.47. The quantitative estimate of drug-likeness (QED) is 0.647. The SMILES string of the molecule is CN1C(=O)CCC(N2Cc3c(CCCCN)cccc3C2=O)C1=O. The van der Waals surface area contributed by atoms with Gasteiger partial charge in [0.15, 0.2) is 0 Å². The molecule has 24 heavy (non-hydrogen) atoms. The fraction of sp³-hybridized carbons (Fsp3) is 0.500. The minimum atomic E-state index is -0.538. The summed E-state index contributed by atoms with van der Waals surface area (Å²) in [6, 6.07) is 5.23. The predicted molar refractivity (Wildman–Crippen MR) is 89.1 cm³/mol. The van der Waals surface area contributed by atoms with Gasteiger partial charge in [0.25, 0.3) is 11.8 Å². The highest BCUT2D eigenvalue weighted by molar-refractivity contribution is 6.05. The van der Waals surface area contributed by atoms with Crippen molar-refractivity contribution in [3.05, 3.63) is 34.9 Å². The fourth-order valence-electron chi connectivity index (χ4n) is 3.55. The molecular weight excluding hydrogens is 306 g/mol. The lowest BCUT2D eigenvalue weighted by atomic mass is 9.99. The molecule has 1 atom stereocenters. The second kappa shape index (κ2) is 6.73. The summed E-state index contributed by atoms with van der Waals surface area (Å²) in [5, 5.41) is 0. The standard InChI is InChI=1S/C18H23N3O3/c1-20-16(22)9-8-15(18(20)24)21-11-14-12(5-2-3-10-19)6-4-7-13(14)17(21)23/h4,6-7,15H,2-3,5,8-11,19H2,1H3. The van der Waals surface area contributed by atoms with Crippen LogP contribution in [0.3, 0.4) is 0 Å². The maximum atomic E-state index is 12.8. The maximum absolute atomic E-state index is 12.8. The molecule has 128 valence electrons. The molecular formula is C18H23N3O3. The van der Waals surface area contributed by atoms with Crippen LogP contribution in [-0.4, -0.2) is 47.2 Å². The Hall–Kier alpha value is -2.21. The molecule has 3 amide bonds. The van der Waals surface area contributed by atoms with E-state index in [9.17, 15) is 14.4 Å². The molecule has 6 nitrogen and oxygen atoms in total. The highest BCUT2D eigenvalue weighted by Gasteiger charge is 2.41. The van der Waals surface area contributed by atoms with E-state index in [-0.39, 0.29) is 17.7 Å². The van der Waals surface area contributed by atoms with E-state index in [0.29, 0.717) is 31.5 Å². The van der Waals surface area contributed by atoms with Crippen molar-refractivity contribution in [1.29, 1.82) is 0 Å². The van der Waals surface area contributed by atoms with E-state index in [1.54, 1.807) is 4.90 Å². The molecule has 3 rings (SSSR count). The first kappa shape index (κ1) is 16.6. The van der Waals surface area contributed by atoms with Gasteiger partial charge in [0, 0.05) is 25.6 Å². The van der Waals surface area contributed by atoms with Crippen molar-refractivity contribution in [2.24, 2.45) is 5.73 Å². The highest BCUT2D eigenvalue weighted by Crippen LogP contribution is 2.31. The van der Waals surface area contributed by atoms with Crippen LogP contribution in [0.4, 0.5) is 0 Å². The van der Waals surface area contributed by atoms with Gasteiger partial charge >= 0.3 is 0 Å². The Morgan fingerprint density at radius 3 is 2.75 bits per heavy atom. The predicted octanol–water partition coefficient (Wildman–Crippen LogP) is 1.07. The van der Waals surface area contributed by atoms with E-state index in [4.69, 9.17) is 5.73 Å². The Bertz CT molecular complexity index is 686. The number of piperidine rings is 1. The molecule has 6 heteroatoms. The molecule has 0 spiro atoms. The molecule has 2 aliphatic rings. The number of hydrogen-bond acceptors (Lipinski definition) is 4. The van der Waals surface area contributed by atoms with Gasteiger partial charge in [-0.25, -0.2) is 0 Å². The van der Waals surface area contributed by atoms with Crippen molar-refractivity contribution >= 4 is 17.7 Å². The number of imide groups is 1. The number of carbonyl (C=O) groups excluding carboxylic acids is 3. The van der Waals surface area contributed by atoms with Gasteiger partial charge in [-0.15, -0.1) is 0 Å². The van der Waals surface area contributed by atoms with Crippen LogP contribution in [0.1, 0.15) is 47.2 Å². The van der Waals surface area contributed by atoms with Gasteiger partial charge in [0.2, 0.25) is 5.91 Å². The number of unbranched alkanes of at least 4 members (excludes halogenated alkanes) is 1. The monoisotopic (exact) mass is 329 g/mol. The highest BCUT2D eigenvalue weighted by atomic mass is 16.2. The lowest BCUT2D eigenvalue weighted by Gasteiger charge is -2.33. The third kappa shape index (κ3) is 2.82. The largest absolute Gasteiger partial charge is 0.330 e. The molecule has 0 aliphatic carbocycles.